The molecule has 0 bridgehead atoms. The van der Waals surface area contributed by atoms with E-state index in [1.165, 1.54) is 6.20 Å². The molecule has 0 atom stereocenters. The molecule has 3 nitrogen and oxygen atoms in total. The summed E-state index contributed by atoms with van der Waals surface area (Å²) in [7, 11) is 0. The van der Waals surface area contributed by atoms with Gasteiger partial charge in [0.1, 0.15) is 5.75 Å². The van der Waals surface area contributed by atoms with Crippen molar-refractivity contribution >= 4 is 28.2 Å². The Balaban J connectivity index is 2.87. The van der Waals surface area contributed by atoms with Crippen LogP contribution in [0.1, 0.15) is 0 Å². The molecule has 1 heterocycles. The lowest BCUT2D eigenvalue weighted by Gasteiger charge is -2.02. The first kappa shape index (κ1) is 8.13. The first-order valence-electron chi connectivity index (χ1n) is 3.71. The van der Waals surface area contributed by atoms with Gasteiger partial charge in [0.05, 0.1) is 22.4 Å². The molecule has 2 aromatic rings. The molecular formula is C9H7ClN2O. The van der Waals surface area contributed by atoms with E-state index in [1.54, 1.807) is 18.2 Å². The van der Waals surface area contributed by atoms with Gasteiger partial charge in [-0.15, -0.1) is 0 Å². The number of nitrogen functional groups attached to an aromatic ring is 1. The molecule has 1 aromatic heterocycles. The minimum atomic E-state index is 0.167. The second kappa shape index (κ2) is 2.78. The van der Waals surface area contributed by atoms with Crippen LogP contribution in [0.25, 0.3) is 10.9 Å². The van der Waals surface area contributed by atoms with Gasteiger partial charge in [-0.1, -0.05) is 11.6 Å². The number of phenols is 1. The van der Waals surface area contributed by atoms with Gasteiger partial charge in [0.15, 0.2) is 0 Å². The maximum absolute atomic E-state index is 9.18. The van der Waals surface area contributed by atoms with Crippen LogP contribution in [0.4, 0.5) is 5.69 Å². The van der Waals surface area contributed by atoms with Crippen molar-refractivity contribution in [1.29, 1.82) is 0 Å². The Morgan fingerprint density at radius 1 is 1.38 bits per heavy atom. The summed E-state index contributed by atoms with van der Waals surface area (Å²) >= 11 is 5.93. The fourth-order valence-corrected chi connectivity index (χ4v) is 1.37. The van der Waals surface area contributed by atoms with Gasteiger partial charge in [0, 0.05) is 11.5 Å². The van der Waals surface area contributed by atoms with Crippen molar-refractivity contribution in [1.82, 2.24) is 4.98 Å². The molecule has 0 aliphatic carbocycles. The first-order valence-corrected chi connectivity index (χ1v) is 4.09. The van der Waals surface area contributed by atoms with Gasteiger partial charge in [0.25, 0.3) is 0 Å². The van der Waals surface area contributed by atoms with Crippen LogP contribution in [0.2, 0.25) is 5.02 Å². The summed E-state index contributed by atoms with van der Waals surface area (Å²) in [4.78, 5) is 4.03. The topological polar surface area (TPSA) is 59.1 Å². The van der Waals surface area contributed by atoms with Crippen LogP contribution in [-0.4, -0.2) is 10.1 Å². The van der Waals surface area contributed by atoms with E-state index < -0.39 is 0 Å². The van der Waals surface area contributed by atoms with E-state index in [0.717, 1.165) is 5.39 Å². The standard InChI is InChI=1S/C9H7ClN2O/c10-9-6-2-1-5(13)3-8(6)12-4-7(9)11/h1-4,13H,11H2. The Bertz CT molecular complexity index is 470. The molecule has 1 aromatic carbocycles. The zero-order valence-corrected chi connectivity index (χ0v) is 7.42. The van der Waals surface area contributed by atoms with Gasteiger partial charge in [-0.05, 0) is 12.1 Å². The second-order valence-corrected chi connectivity index (χ2v) is 3.11. The SMILES string of the molecule is Nc1cnc2cc(O)ccc2c1Cl. The van der Waals surface area contributed by atoms with Crippen LogP contribution in [0.15, 0.2) is 24.4 Å². The molecule has 0 aliphatic rings. The molecule has 13 heavy (non-hydrogen) atoms. The molecule has 4 heteroatoms. The number of benzene rings is 1. The molecule has 3 N–H and O–H groups in total. The molecular weight excluding hydrogens is 188 g/mol. The molecule has 0 amide bonds. The number of aromatic hydroxyl groups is 1. The first-order chi connectivity index (χ1) is 6.18. The van der Waals surface area contributed by atoms with E-state index >= 15 is 0 Å². The average molecular weight is 195 g/mol. The normalized spacial score (nSPS) is 10.5. The lowest BCUT2D eigenvalue weighted by Crippen LogP contribution is -1.89. The highest BCUT2D eigenvalue weighted by Crippen LogP contribution is 2.28. The quantitative estimate of drug-likeness (QED) is 0.676. The van der Waals surface area contributed by atoms with Crippen LogP contribution in [0.3, 0.4) is 0 Å². The van der Waals surface area contributed by atoms with E-state index in [1.807, 2.05) is 0 Å². The fourth-order valence-electron chi connectivity index (χ4n) is 1.16. The highest BCUT2D eigenvalue weighted by Gasteiger charge is 2.03. The van der Waals surface area contributed by atoms with E-state index in [-0.39, 0.29) is 5.75 Å². The number of hydrogen-bond donors (Lipinski definition) is 2. The van der Waals surface area contributed by atoms with Crippen molar-refractivity contribution in [2.75, 3.05) is 5.73 Å². The summed E-state index contributed by atoms with van der Waals surface area (Å²) in [6, 6.07) is 4.78. The van der Waals surface area contributed by atoms with Gasteiger partial charge >= 0.3 is 0 Å². The predicted molar refractivity (Wildman–Crippen MR) is 52.8 cm³/mol. The van der Waals surface area contributed by atoms with E-state index in [4.69, 9.17) is 17.3 Å². The molecule has 2 rings (SSSR count). The van der Waals surface area contributed by atoms with Crippen LogP contribution in [-0.2, 0) is 0 Å². The Morgan fingerprint density at radius 3 is 2.92 bits per heavy atom. The zero-order valence-electron chi connectivity index (χ0n) is 6.66. The van der Waals surface area contributed by atoms with Crippen LogP contribution in [0.5, 0.6) is 5.75 Å². The Morgan fingerprint density at radius 2 is 2.15 bits per heavy atom. The number of nitrogens with zero attached hydrogens (tertiary/aromatic N) is 1. The number of rotatable bonds is 0. The molecule has 0 saturated heterocycles. The summed E-state index contributed by atoms with van der Waals surface area (Å²) in [6.07, 6.45) is 1.48. The third-order valence-electron chi connectivity index (χ3n) is 1.81. The van der Waals surface area contributed by atoms with Gasteiger partial charge in [-0.25, -0.2) is 0 Å². The van der Waals surface area contributed by atoms with Crippen molar-refractivity contribution in [3.8, 4) is 5.75 Å². The van der Waals surface area contributed by atoms with Crippen molar-refractivity contribution in [2.24, 2.45) is 0 Å². The average Bonchev–Trinajstić information content (AvgIpc) is 2.12. The summed E-state index contributed by atoms with van der Waals surface area (Å²) in [5.41, 5.74) is 6.65. The number of fused-ring (bicyclic) bond motifs is 1. The fraction of sp³-hybridized carbons (Fsp3) is 0. The number of anilines is 1. The number of phenolic OH excluding ortho intramolecular Hbond substituents is 1. The summed E-state index contributed by atoms with van der Waals surface area (Å²) in [6.45, 7) is 0. The van der Waals surface area contributed by atoms with Crippen molar-refractivity contribution < 1.29 is 5.11 Å². The monoisotopic (exact) mass is 194 g/mol. The van der Waals surface area contributed by atoms with Crippen molar-refractivity contribution in [3.63, 3.8) is 0 Å². The van der Waals surface area contributed by atoms with Gasteiger partial charge in [-0.2, -0.15) is 0 Å². The highest BCUT2D eigenvalue weighted by molar-refractivity contribution is 6.37. The van der Waals surface area contributed by atoms with Crippen molar-refractivity contribution in [3.05, 3.63) is 29.4 Å². The minimum Gasteiger partial charge on any atom is -0.508 e. The van der Waals surface area contributed by atoms with E-state index in [0.29, 0.717) is 16.2 Å². The molecule has 0 unspecified atom stereocenters. The molecule has 66 valence electrons. The molecule has 0 fully saturated rings. The molecule has 0 spiro atoms. The maximum atomic E-state index is 9.18. The Kier molecular flexibility index (Phi) is 1.74. The number of aromatic nitrogens is 1. The van der Waals surface area contributed by atoms with E-state index in [2.05, 4.69) is 4.98 Å². The molecule has 0 saturated carbocycles. The van der Waals surface area contributed by atoms with Crippen molar-refractivity contribution in [2.45, 2.75) is 0 Å². The third-order valence-corrected chi connectivity index (χ3v) is 2.24. The lowest BCUT2D eigenvalue weighted by atomic mass is 10.2. The second-order valence-electron chi connectivity index (χ2n) is 2.73. The zero-order chi connectivity index (χ0) is 9.42. The lowest BCUT2D eigenvalue weighted by molar-refractivity contribution is 0.476. The number of halogens is 1. The highest BCUT2D eigenvalue weighted by atomic mass is 35.5. The smallest absolute Gasteiger partial charge is 0.117 e. The largest absolute Gasteiger partial charge is 0.508 e. The van der Waals surface area contributed by atoms with Gasteiger partial charge in [-0.3, -0.25) is 4.98 Å². The molecule has 0 aliphatic heterocycles. The number of pyridine rings is 1. The Labute approximate surface area is 79.8 Å². The number of hydrogen-bond acceptors (Lipinski definition) is 3. The summed E-state index contributed by atoms with van der Waals surface area (Å²) < 4.78 is 0. The van der Waals surface area contributed by atoms with E-state index in [9.17, 15) is 5.11 Å². The van der Waals surface area contributed by atoms with Crippen LogP contribution < -0.4 is 5.73 Å². The minimum absolute atomic E-state index is 0.167. The van der Waals surface area contributed by atoms with Crippen LogP contribution in [0, 0.1) is 0 Å². The third kappa shape index (κ3) is 1.27. The van der Waals surface area contributed by atoms with Gasteiger partial charge in [0.2, 0.25) is 0 Å². The summed E-state index contributed by atoms with van der Waals surface area (Å²) in [5, 5.41) is 10.4. The Hall–Kier alpha value is -1.48. The maximum Gasteiger partial charge on any atom is 0.117 e. The molecule has 0 radical (unpaired) electrons. The number of nitrogens with two attached hydrogens (primary N) is 1. The van der Waals surface area contributed by atoms with Gasteiger partial charge < -0.3 is 10.8 Å². The summed E-state index contributed by atoms with van der Waals surface area (Å²) in [5.74, 6) is 0.167. The predicted octanol–water partition coefficient (Wildman–Crippen LogP) is 2.18. The van der Waals surface area contributed by atoms with Crippen LogP contribution >= 0.6 is 11.6 Å².